The van der Waals surface area contributed by atoms with Crippen molar-refractivity contribution in [3.05, 3.63) is 28.2 Å². The van der Waals surface area contributed by atoms with Gasteiger partial charge in [-0.2, -0.15) is 0 Å². The first-order valence-electron chi connectivity index (χ1n) is 8.88. The molecule has 1 N–H and O–H groups in total. The highest BCUT2D eigenvalue weighted by Crippen LogP contribution is 2.26. The third kappa shape index (κ3) is 6.44. The summed E-state index contributed by atoms with van der Waals surface area (Å²) < 4.78 is 12.4. The summed E-state index contributed by atoms with van der Waals surface area (Å²) in [6, 6.07) is 5.82. The number of aryl methyl sites for hydroxylation is 1. The molecule has 2 rings (SSSR count). The Labute approximate surface area is 153 Å². The fourth-order valence-corrected chi connectivity index (χ4v) is 3.44. The SMILES string of the molecule is Cc1ccc(OC(C)C(=O)NCCCOC2CCCCC2)c(Br)c1. The van der Waals surface area contributed by atoms with Gasteiger partial charge in [0.1, 0.15) is 5.75 Å². The van der Waals surface area contributed by atoms with Gasteiger partial charge in [-0.3, -0.25) is 4.79 Å². The van der Waals surface area contributed by atoms with Crippen molar-refractivity contribution >= 4 is 21.8 Å². The monoisotopic (exact) mass is 397 g/mol. The molecule has 1 unspecified atom stereocenters. The van der Waals surface area contributed by atoms with Gasteiger partial charge in [0.25, 0.3) is 5.91 Å². The number of hydrogen-bond donors (Lipinski definition) is 1. The van der Waals surface area contributed by atoms with Crippen LogP contribution in [0.15, 0.2) is 22.7 Å². The molecular weight excluding hydrogens is 370 g/mol. The van der Waals surface area contributed by atoms with Gasteiger partial charge in [0.05, 0.1) is 10.6 Å². The number of benzene rings is 1. The molecule has 0 bridgehead atoms. The largest absolute Gasteiger partial charge is 0.480 e. The molecule has 0 saturated heterocycles. The van der Waals surface area contributed by atoms with Crippen molar-refractivity contribution in [2.45, 2.75) is 64.6 Å². The second-order valence-electron chi connectivity index (χ2n) is 6.47. The molecule has 1 aliphatic carbocycles. The van der Waals surface area contributed by atoms with Crippen molar-refractivity contribution in [1.29, 1.82) is 0 Å². The van der Waals surface area contributed by atoms with Crippen LogP contribution in [0.4, 0.5) is 0 Å². The second kappa shape index (κ2) is 10.0. The van der Waals surface area contributed by atoms with Gasteiger partial charge in [0, 0.05) is 13.2 Å². The predicted octanol–water partition coefficient (Wildman–Crippen LogP) is 4.38. The van der Waals surface area contributed by atoms with Crippen molar-refractivity contribution in [3.63, 3.8) is 0 Å². The van der Waals surface area contributed by atoms with Gasteiger partial charge < -0.3 is 14.8 Å². The van der Waals surface area contributed by atoms with E-state index in [0.29, 0.717) is 25.0 Å². The van der Waals surface area contributed by atoms with Crippen LogP contribution in [0.1, 0.15) is 51.0 Å². The van der Waals surface area contributed by atoms with Gasteiger partial charge in [-0.1, -0.05) is 25.3 Å². The Morgan fingerprint density at radius 2 is 2.08 bits per heavy atom. The van der Waals surface area contributed by atoms with E-state index >= 15 is 0 Å². The third-order valence-electron chi connectivity index (χ3n) is 4.29. The highest BCUT2D eigenvalue weighted by atomic mass is 79.9. The van der Waals surface area contributed by atoms with Crippen LogP contribution in [0.25, 0.3) is 0 Å². The van der Waals surface area contributed by atoms with Crippen molar-refractivity contribution in [2.75, 3.05) is 13.2 Å². The van der Waals surface area contributed by atoms with Gasteiger partial charge in [-0.25, -0.2) is 0 Å². The van der Waals surface area contributed by atoms with E-state index in [9.17, 15) is 4.79 Å². The average molecular weight is 398 g/mol. The summed E-state index contributed by atoms with van der Waals surface area (Å²) in [5.41, 5.74) is 1.14. The van der Waals surface area contributed by atoms with Crippen LogP contribution in [0.3, 0.4) is 0 Å². The number of hydrogen-bond acceptors (Lipinski definition) is 3. The molecule has 0 heterocycles. The fourth-order valence-electron chi connectivity index (χ4n) is 2.85. The zero-order valence-corrected chi connectivity index (χ0v) is 16.2. The molecule has 0 radical (unpaired) electrons. The lowest BCUT2D eigenvalue weighted by Gasteiger charge is -2.22. The number of rotatable bonds is 8. The molecule has 1 aromatic carbocycles. The smallest absolute Gasteiger partial charge is 0.260 e. The number of nitrogens with one attached hydrogen (secondary N) is 1. The summed E-state index contributed by atoms with van der Waals surface area (Å²) >= 11 is 3.46. The summed E-state index contributed by atoms with van der Waals surface area (Å²) in [7, 11) is 0. The van der Waals surface area contributed by atoms with Crippen molar-refractivity contribution in [2.24, 2.45) is 0 Å². The normalized spacial score (nSPS) is 16.6. The maximum atomic E-state index is 12.1. The molecule has 4 nitrogen and oxygen atoms in total. The van der Waals surface area contributed by atoms with Crippen molar-refractivity contribution < 1.29 is 14.3 Å². The van der Waals surface area contributed by atoms with E-state index in [0.717, 1.165) is 16.5 Å². The first-order chi connectivity index (χ1) is 11.6. The summed E-state index contributed by atoms with van der Waals surface area (Å²) in [5.74, 6) is 0.587. The minimum absolute atomic E-state index is 0.0971. The Morgan fingerprint density at radius 3 is 2.79 bits per heavy atom. The molecule has 1 aliphatic rings. The number of carbonyl (C=O) groups excluding carboxylic acids is 1. The van der Waals surface area contributed by atoms with Crippen molar-refractivity contribution in [1.82, 2.24) is 5.32 Å². The van der Waals surface area contributed by atoms with Crippen LogP contribution in [-0.2, 0) is 9.53 Å². The first kappa shape index (κ1) is 19.3. The van der Waals surface area contributed by atoms with Crippen molar-refractivity contribution in [3.8, 4) is 5.75 Å². The van der Waals surface area contributed by atoms with Gasteiger partial charge in [0.2, 0.25) is 0 Å². The van der Waals surface area contributed by atoms with Crippen LogP contribution in [-0.4, -0.2) is 31.3 Å². The van der Waals surface area contributed by atoms with Gasteiger partial charge >= 0.3 is 0 Å². The Kier molecular flexibility index (Phi) is 8.06. The van der Waals surface area contributed by atoms with E-state index in [1.807, 2.05) is 25.1 Å². The summed E-state index contributed by atoms with van der Waals surface area (Å²) in [5, 5.41) is 2.91. The van der Waals surface area contributed by atoms with E-state index in [1.165, 1.54) is 32.1 Å². The topological polar surface area (TPSA) is 47.6 Å². The number of amides is 1. The van der Waals surface area contributed by atoms with Crippen LogP contribution < -0.4 is 10.1 Å². The predicted molar refractivity (Wildman–Crippen MR) is 99.4 cm³/mol. The minimum atomic E-state index is -0.525. The maximum Gasteiger partial charge on any atom is 0.260 e. The average Bonchev–Trinajstić information content (AvgIpc) is 2.57. The van der Waals surface area contributed by atoms with Crippen LogP contribution in [0, 0.1) is 6.92 Å². The molecule has 1 atom stereocenters. The lowest BCUT2D eigenvalue weighted by atomic mass is 9.98. The van der Waals surface area contributed by atoms with Crippen LogP contribution in [0.5, 0.6) is 5.75 Å². The highest BCUT2D eigenvalue weighted by molar-refractivity contribution is 9.10. The van der Waals surface area contributed by atoms with E-state index < -0.39 is 6.10 Å². The highest BCUT2D eigenvalue weighted by Gasteiger charge is 2.16. The molecule has 0 aliphatic heterocycles. The Bertz CT molecular complexity index is 529. The molecular formula is C19H28BrNO3. The second-order valence-corrected chi connectivity index (χ2v) is 7.32. The zero-order chi connectivity index (χ0) is 17.4. The number of halogens is 1. The van der Waals surface area contributed by atoms with Gasteiger partial charge in [-0.15, -0.1) is 0 Å². The summed E-state index contributed by atoms with van der Waals surface area (Å²) in [6.45, 7) is 5.11. The lowest BCUT2D eigenvalue weighted by Crippen LogP contribution is -2.37. The zero-order valence-electron chi connectivity index (χ0n) is 14.6. The molecule has 1 saturated carbocycles. The number of ether oxygens (including phenoxy) is 2. The molecule has 1 aromatic rings. The maximum absolute atomic E-state index is 12.1. The van der Waals surface area contributed by atoms with Gasteiger partial charge in [-0.05, 0) is 66.7 Å². The number of carbonyl (C=O) groups is 1. The van der Waals surface area contributed by atoms with Crippen LogP contribution >= 0.6 is 15.9 Å². The van der Waals surface area contributed by atoms with Crippen LogP contribution in [0.2, 0.25) is 0 Å². The molecule has 0 spiro atoms. The van der Waals surface area contributed by atoms with E-state index in [-0.39, 0.29) is 5.91 Å². The molecule has 24 heavy (non-hydrogen) atoms. The Hall–Kier alpha value is -1.07. The third-order valence-corrected chi connectivity index (χ3v) is 4.91. The molecule has 0 aromatic heterocycles. The quantitative estimate of drug-likeness (QED) is 0.661. The van der Waals surface area contributed by atoms with E-state index in [2.05, 4.69) is 21.2 Å². The standard InChI is InChI=1S/C19H28BrNO3/c1-14-9-10-18(17(20)13-14)24-15(2)19(22)21-11-6-12-23-16-7-4-3-5-8-16/h9-10,13,15-16H,3-8,11-12H2,1-2H3,(H,21,22). The first-order valence-corrected chi connectivity index (χ1v) is 9.67. The lowest BCUT2D eigenvalue weighted by molar-refractivity contribution is -0.127. The molecule has 134 valence electrons. The van der Waals surface area contributed by atoms with E-state index in [4.69, 9.17) is 9.47 Å². The Balaban J connectivity index is 1.62. The van der Waals surface area contributed by atoms with E-state index in [1.54, 1.807) is 6.92 Å². The molecule has 1 fully saturated rings. The van der Waals surface area contributed by atoms with Gasteiger partial charge in [0.15, 0.2) is 6.10 Å². The fraction of sp³-hybridized carbons (Fsp3) is 0.632. The summed E-state index contributed by atoms with van der Waals surface area (Å²) in [4.78, 5) is 12.1. The molecule has 5 heteroatoms. The Morgan fingerprint density at radius 1 is 1.33 bits per heavy atom. The molecule has 1 amide bonds. The minimum Gasteiger partial charge on any atom is -0.480 e. The summed E-state index contributed by atoms with van der Waals surface area (Å²) in [6.07, 6.45) is 7.01.